The number of urea groups is 1. The molecular weight excluding hydrogens is 234 g/mol. The fraction of sp³-hybridized carbons (Fsp3) is 0.833. The molecule has 106 valence electrons. The molecule has 0 radical (unpaired) electrons. The van der Waals surface area contributed by atoms with Crippen LogP contribution < -0.4 is 10.6 Å². The molecular formula is C12H25N3O3. The van der Waals surface area contributed by atoms with Gasteiger partial charge in [-0.1, -0.05) is 13.8 Å². The number of carbonyl (C=O) groups is 2. The van der Waals surface area contributed by atoms with Gasteiger partial charge in [0.2, 0.25) is 0 Å². The zero-order valence-corrected chi connectivity index (χ0v) is 11.7. The molecule has 0 saturated carbocycles. The summed E-state index contributed by atoms with van der Waals surface area (Å²) in [5.41, 5.74) is 0. The molecule has 0 aliphatic rings. The first-order valence-electron chi connectivity index (χ1n) is 6.23. The SMILES string of the molecule is CC(C)C(CC(=O)O)NC(=O)NCCCN(C)C. The van der Waals surface area contributed by atoms with Crippen molar-refractivity contribution in [3.63, 3.8) is 0 Å². The minimum Gasteiger partial charge on any atom is -0.481 e. The third kappa shape index (κ3) is 8.81. The molecule has 1 unspecified atom stereocenters. The Bertz CT molecular complexity index is 267. The van der Waals surface area contributed by atoms with Crippen LogP contribution in [0.4, 0.5) is 4.79 Å². The van der Waals surface area contributed by atoms with Crippen molar-refractivity contribution < 1.29 is 14.7 Å². The Balaban J connectivity index is 3.91. The van der Waals surface area contributed by atoms with Gasteiger partial charge in [0.25, 0.3) is 0 Å². The maximum atomic E-state index is 11.6. The van der Waals surface area contributed by atoms with E-state index in [2.05, 4.69) is 10.6 Å². The van der Waals surface area contributed by atoms with Crippen molar-refractivity contribution in [2.75, 3.05) is 27.2 Å². The molecule has 6 nitrogen and oxygen atoms in total. The highest BCUT2D eigenvalue weighted by molar-refractivity contribution is 5.75. The zero-order chi connectivity index (χ0) is 14.1. The Kier molecular flexibility index (Phi) is 8.11. The predicted octanol–water partition coefficient (Wildman–Crippen LogP) is 0.737. The lowest BCUT2D eigenvalue weighted by Gasteiger charge is -2.21. The Morgan fingerprint density at radius 3 is 2.33 bits per heavy atom. The van der Waals surface area contributed by atoms with Gasteiger partial charge in [-0.3, -0.25) is 4.79 Å². The van der Waals surface area contributed by atoms with Crippen LogP contribution in [0.1, 0.15) is 26.7 Å². The number of carbonyl (C=O) groups excluding carboxylic acids is 1. The summed E-state index contributed by atoms with van der Waals surface area (Å²) >= 11 is 0. The van der Waals surface area contributed by atoms with E-state index in [1.54, 1.807) is 0 Å². The molecule has 3 N–H and O–H groups in total. The predicted molar refractivity (Wildman–Crippen MR) is 70.6 cm³/mol. The second kappa shape index (κ2) is 8.74. The fourth-order valence-electron chi connectivity index (χ4n) is 1.46. The smallest absolute Gasteiger partial charge is 0.315 e. The minimum absolute atomic E-state index is 0.0528. The molecule has 0 rings (SSSR count). The van der Waals surface area contributed by atoms with Crippen LogP contribution in [0.3, 0.4) is 0 Å². The molecule has 18 heavy (non-hydrogen) atoms. The molecule has 0 spiro atoms. The van der Waals surface area contributed by atoms with E-state index in [9.17, 15) is 9.59 Å². The highest BCUT2D eigenvalue weighted by Gasteiger charge is 2.18. The first-order chi connectivity index (χ1) is 8.32. The second-order valence-corrected chi connectivity index (χ2v) is 5.01. The molecule has 1 atom stereocenters. The molecule has 0 aliphatic heterocycles. The van der Waals surface area contributed by atoms with E-state index < -0.39 is 5.97 Å². The van der Waals surface area contributed by atoms with Crippen LogP contribution in [0, 0.1) is 5.92 Å². The highest BCUT2D eigenvalue weighted by Crippen LogP contribution is 2.05. The summed E-state index contributed by atoms with van der Waals surface area (Å²) in [6.07, 6.45) is 0.814. The molecule has 0 aromatic carbocycles. The lowest BCUT2D eigenvalue weighted by molar-refractivity contribution is -0.137. The molecule has 0 fully saturated rings. The van der Waals surface area contributed by atoms with Crippen LogP contribution in [0.15, 0.2) is 0 Å². The Hall–Kier alpha value is -1.30. The van der Waals surface area contributed by atoms with E-state index in [1.807, 2.05) is 32.8 Å². The van der Waals surface area contributed by atoms with Crippen molar-refractivity contribution in [3.05, 3.63) is 0 Å². The van der Waals surface area contributed by atoms with Gasteiger partial charge in [0.15, 0.2) is 0 Å². The van der Waals surface area contributed by atoms with Crippen molar-refractivity contribution in [1.29, 1.82) is 0 Å². The van der Waals surface area contributed by atoms with Gasteiger partial charge >= 0.3 is 12.0 Å². The van der Waals surface area contributed by atoms with E-state index >= 15 is 0 Å². The van der Waals surface area contributed by atoms with E-state index in [0.29, 0.717) is 6.54 Å². The van der Waals surface area contributed by atoms with Gasteiger partial charge in [-0.15, -0.1) is 0 Å². The van der Waals surface area contributed by atoms with Gasteiger partial charge in [0.1, 0.15) is 0 Å². The summed E-state index contributed by atoms with van der Waals surface area (Å²) in [5.74, 6) is -0.810. The average molecular weight is 259 g/mol. The standard InChI is InChI=1S/C12H25N3O3/c1-9(2)10(8-11(16)17)14-12(18)13-6-5-7-15(3)4/h9-10H,5-8H2,1-4H3,(H,16,17)(H2,13,14,18). The van der Waals surface area contributed by atoms with Crippen molar-refractivity contribution in [2.24, 2.45) is 5.92 Å². The molecule has 0 aliphatic carbocycles. The summed E-state index contributed by atoms with van der Waals surface area (Å²) < 4.78 is 0. The summed E-state index contributed by atoms with van der Waals surface area (Å²) in [7, 11) is 3.95. The lowest BCUT2D eigenvalue weighted by Crippen LogP contribution is -2.45. The Morgan fingerprint density at radius 2 is 1.89 bits per heavy atom. The van der Waals surface area contributed by atoms with Crippen LogP contribution in [0.5, 0.6) is 0 Å². The van der Waals surface area contributed by atoms with E-state index in [1.165, 1.54) is 0 Å². The molecule has 0 saturated heterocycles. The third-order valence-electron chi connectivity index (χ3n) is 2.58. The van der Waals surface area contributed by atoms with Crippen LogP contribution in [-0.2, 0) is 4.79 Å². The van der Waals surface area contributed by atoms with Gasteiger partial charge in [-0.2, -0.15) is 0 Å². The third-order valence-corrected chi connectivity index (χ3v) is 2.58. The molecule has 0 heterocycles. The summed E-state index contributed by atoms with van der Waals surface area (Å²) in [6, 6.07) is -0.634. The van der Waals surface area contributed by atoms with Gasteiger partial charge in [0, 0.05) is 12.6 Å². The number of hydrogen-bond donors (Lipinski definition) is 3. The number of rotatable bonds is 8. The van der Waals surface area contributed by atoms with Crippen molar-refractivity contribution in [2.45, 2.75) is 32.7 Å². The summed E-state index contributed by atoms with van der Waals surface area (Å²) in [6.45, 7) is 5.27. The molecule has 2 amide bonds. The number of nitrogens with one attached hydrogen (secondary N) is 2. The number of nitrogens with zero attached hydrogens (tertiary/aromatic N) is 1. The Morgan fingerprint density at radius 1 is 1.28 bits per heavy atom. The Labute approximate surface area is 109 Å². The number of carboxylic acid groups (broad SMARTS) is 1. The van der Waals surface area contributed by atoms with Crippen LogP contribution >= 0.6 is 0 Å². The van der Waals surface area contributed by atoms with E-state index in [-0.39, 0.29) is 24.4 Å². The van der Waals surface area contributed by atoms with E-state index in [4.69, 9.17) is 5.11 Å². The number of carboxylic acids is 1. The summed E-state index contributed by atoms with van der Waals surface area (Å²) in [5, 5.41) is 14.2. The summed E-state index contributed by atoms with van der Waals surface area (Å²) in [4.78, 5) is 24.3. The topological polar surface area (TPSA) is 81.7 Å². The van der Waals surface area contributed by atoms with Gasteiger partial charge in [-0.25, -0.2) is 4.79 Å². The second-order valence-electron chi connectivity index (χ2n) is 5.01. The zero-order valence-electron chi connectivity index (χ0n) is 11.7. The number of aliphatic carboxylic acids is 1. The monoisotopic (exact) mass is 259 g/mol. The maximum Gasteiger partial charge on any atom is 0.315 e. The van der Waals surface area contributed by atoms with Crippen molar-refractivity contribution in [3.8, 4) is 0 Å². The maximum absolute atomic E-state index is 11.6. The van der Waals surface area contributed by atoms with E-state index in [0.717, 1.165) is 13.0 Å². The first kappa shape index (κ1) is 16.7. The quantitative estimate of drug-likeness (QED) is 0.561. The van der Waals surface area contributed by atoms with Crippen molar-refractivity contribution >= 4 is 12.0 Å². The first-order valence-corrected chi connectivity index (χ1v) is 6.23. The fourth-order valence-corrected chi connectivity index (χ4v) is 1.46. The van der Waals surface area contributed by atoms with Gasteiger partial charge < -0.3 is 20.6 Å². The number of amides is 2. The van der Waals surface area contributed by atoms with Gasteiger partial charge in [0.05, 0.1) is 6.42 Å². The van der Waals surface area contributed by atoms with Crippen LogP contribution in [0.25, 0.3) is 0 Å². The van der Waals surface area contributed by atoms with Crippen molar-refractivity contribution in [1.82, 2.24) is 15.5 Å². The lowest BCUT2D eigenvalue weighted by atomic mass is 10.0. The highest BCUT2D eigenvalue weighted by atomic mass is 16.4. The molecule has 0 bridgehead atoms. The molecule has 6 heteroatoms. The molecule has 0 aromatic rings. The number of hydrogen-bond acceptors (Lipinski definition) is 3. The van der Waals surface area contributed by atoms with Crippen LogP contribution in [-0.4, -0.2) is 55.2 Å². The van der Waals surface area contributed by atoms with Crippen LogP contribution in [0.2, 0.25) is 0 Å². The average Bonchev–Trinajstić information content (AvgIpc) is 2.22. The minimum atomic E-state index is -0.901. The largest absolute Gasteiger partial charge is 0.481 e. The van der Waals surface area contributed by atoms with Gasteiger partial charge in [-0.05, 0) is 33.0 Å². The normalized spacial score (nSPS) is 12.6. The molecule has 0 aromatic heterocycles.